The number of imidazole rings is 1. The van der Waals surface area contributed by atoms with Crippen molar-refractivity contribution < 1.29 is 19.0 Å². The highest BCUT2D eigenvalue weighted by molar-refractivity contribution is 5.90. The molecule has 0 amide bonds. The fourth-order valence-electron chi connectivity index (χ4n) is 3.05. The molecule has 2 heterocycles. The normalized spacial score (nSPS) is 11.0. The third kappa shape index (κ3) is 3.22. The Morgan fingerprint density at radius 1 is 1.24 bits per heavy atom. The minimum Gasteiger partial charge on any atom is -0.493 e. The van der Waals surface area contributed by atoms with Gasteiger partial charge >= 0.3 is 5.97 Å². The number of hydrogen-bond donors (Lipinski definition) is 3. The highest BCUT2D eigenvalue weighted by atomic mass is 19.1. The lowest BCUT2D eigenvalue weighted by Crippen LogP contribution is -2.10. The summed E-state index contributed by atoms with van der Waals surface area (Å²) in [6, 6.07) is 8.98. The van der Waals surface area contributed by atoms with E-state index < -0.39 is 17.3 Å². The summed E-state index contributed by atoms with van der Waals surface area (Å²) in [6.45, 7) is 2.11. The average molecular weight is 394 g/mol. The van der Waals surface area contributed by atoms with Crippen LogP contribution in [0.1, 0.15) is 17.3 Å². The molecule has 0 aliphatic rings. The van der Waals surface area contributed by atoms with Gasteiger partial charge in [-0.25, -0.2) is 19.2 Å². The molecule has 8 nitrogen and oxygen atoms in total. The molecule has 29 heavy (non-hydrogen) atoms. The Hall–Kier alpha value is -4.01. The zero-order valence-corrected chi connectivity index (χ0v) is 15.2. The van der Waals surface area contributed by atoms with Gasteiger partial charge in [0.2, 0.25) is 0 Å². The van der Waals surface area contributed by atoms with Gasteiger partial charge in [0.05, 0.1) is 24.1 Å². The number of nitrogens with zero attached hydrogens (tertiary/aromatic N) is 2. The van der Waals surface area contributed by atoms with E-state index in [1.807, 2.05) is 0 Å². The summed E-state index contributed by atoms with van der Waals surface area (Å²) in [5.41, 5.74) is 0.773. The predicted octanol–water partition coefficient (Wildman–Crippen LogP) is 3.22. The van der Waals surface area contributed by atoms with Gasteiger partial charge in [0.25, 0.3) is 5.56 Å². The van der Waals surface area contributed by atoms with Gasteiger partial charge in [-0.15, -0.1) is 0 Å². The Bertz CT molecular complexity index is 1300. The molecule has 0 radical (unpaired) electrons. The van der Waals surface area contributed by atoms with E-state index in [0.29, 0.717) is 23.5 Å². The molecule has 146 valence electrons. The SMILES string of the molecule is CCOc1cc(-c2cccc(C(=O)O)c2F)ccc1-c1nc2nc[nH]c2c(=O)[nH]1. The van der Waals surface area contributed by atoms with Crippen molar-refractivity contribution in [1.29, 1.82) is 0 Å². The molecular weight excluding hydrogens is 379 g/mol. The minimum atomic E-state index is -1.35. The number of hydrogen-bond acceptors (Lipinski definition) is 5. The van der Waals surface area contributed by atoms with Gasteiger partial charge in [-0.3, -0.25) is 4.79 Å². The highest BCUT2D eigenvalue weighted by Crippen LogP contribution is 2.34. The Morgan fingerprint density at radius 3 is 2.83 bits per heavy atom. The van der Waals surface area contributed by atoms with E-state index in [9.17, 15) is 14.0 Å². The lowest BCUT2D eigenvalue weighted by Gasteiger charge is -2.13. The largest absolute Gasteiger partial charge is 0.493 e. The molecule has 0 aliphatic carbocycles. The van der Waals surface area contributed by atoms with Crippen LogP contribution in [0.3, 0.4) is 0 Å². The Morgan fingerprint density at radius 2 is 2.07 bits per heavy atom. The number of halogens is 1. The standard InChI is InChI=1S/C20H15FN4O4/c1-2-29-14-8-10(11-4-3-5-13(15(11)21)20(27)28)6-7-12(14)17-24-18-16(19(26)25-17)22-9-23-18/h3-9H,2H2,1H3,(H,27,28)(H2,22,23,24,25,26). The quantitative estimate of drug-likeness (QED) is 0.478. The summed E-state index contributed by atoms with van der Waals surface area (Å²) in [7, 11) is 0. The number of aromatic amines is 2. The van der Waals surface area contributed by atoms with Crippen LogP contribution in [-0.4, -0.2) is 37.6 Å². The molecule has 2 aromatic carbocycles. The second-order valence-corrected chi connectivity index (χ2v) is 6.13. The molecule has 0 bridgehead atoms. The molecule has 0 saturated heterocycles. The topological polar surface area (TPSA) is 121 Å². The first-order chi connectivity index (χ1) is 14.0. The van der Waals surface area contributed by atoms with Gasteiger partial charge in [-0.1, -0.05) is 18.2 Å². The van der Waals surface area contributed by atoms with Crippen LogP contribution in [0.5, 0.6) is 5.75 Å². The molecule has 9 heteroatoms. The first-order valence-corrected chi connectivity index (χ1v) is 8.72. The third-order valence-electron chi connectivity index (χ3n) is 4.37. The number of aromatic carboxylic acids is 1. The number of ether oxygens (including phenoxy) is 1. The van der Waals surface area contributed by atoms with Gasteiger partial charge in [-0.2, -0.15) is 0 Å². The number of nitrogens with one attached hydrogen (secondary N) is 2. The van der Waals surface area contributed by atoms with E-state index in [0.717, 1.165) is 0 Å². The fraction of sp³-hybridized carbons (Fsp3) is 0.100. The third-order valence-corrected chi connectivity index (χ3v) is 4.37. The molecule has 0 atom stereocenters. The molecule has 0 spiro atoms. The zero-order chi connectivity index (χ0) is 20.5. The van der Waals surface area contributed by atoms with E-state index >= 15 is 0 Å². The van der Waals surface area contributed by atoms with Gasteiger partial charge in [0.15, 0.2) is 11.2 Å². The van der Waals surface area contributed by atoms with Crippen LogP contribution in [0.4, 0.5) is 4.39 Å². The predicted molar refractivity (Wildman–Crippen MR) is 103 cm³/mol. The molecule has 4 rings (SSSR count). The Balaban J connectivity index is 1.87. The van der Waals surface area contributed by atoms with E-state index in [-0.39, 0.29) is 28.1 Å². The van der Waals surface area contributed by atoms with Crippen LogP contribution in [0.2, 0.25) is 0 Å². The van der Waals surface area contributed by atoms with Gasteiger partial charge < -0.3 is 19.8 Å². The Kier molecular flexibility index (Phi) is 4.55. The number of fused-ring (bicyclic) bond motifs is 1. The summed E-state index contributed by atoms with van der Waals surface area (Å²) in [6.07, 6.45) is 1.38. The number of H-pyrrole nitrogens is 2. The van der Waals surface area contributed by atoms with Crippen LogP contribution in [0, 0.1) is 5.82 Å². The smallest absolute Gasteiger partial charge is 0.338 e. The van der Waals surface area contributed by atoms with Gasteiger partial charge in [0, 0.05) is 5.56 Å². The molecule has 0 aliphatic heterocycles. The number of carbonyl (C=O) groups is 1. The number of rotatable bonds is 5. The van der Waals surface area contributed by atoms with Gasteiger partial charge in [-0.05, 0) is 30.7 Å². The van der Waals surface area contributed by atoms with Crippen LogP contribution in [0.15, 0.2) is 47.5 Å². The van der Waals surface area contributed by atoms with Crippen molar-refractivity contribution >= 4 is 17.1 Å². The summed E-state index contributed by atoms with van der Waals surface area (Å²) in [5.74, 6) is -1.56. The second-order valence-electron chi connectivity index (χ2n) is 6.13. The lowest BCUT2D eigenvalue weighted by atomic mass is 10.00. The highest BCUT2D eigenvalue weighted by Gasteiger charge is 2.18. The van der Waals surface area contributed by atoms with Crippen LogP contribution in [0.25, 0.3) is 33.7 Å². The molecule has 2 aromatic heterocycles. The molecular formula is C20H15FN4O4. The summed E-state index contributed by atoms with van der Waals surface area (Å²) in [4.78, 5) is 37.2. The van der Waals surface area contributed by atoms with Crippen molar-refractivity contribution in [2.75, 3.05) is 6.61 Å². The molecule has 3 N–H and O–H groups in total. The first kappa shape index (κ1) is 18.4. The first-order valence-electron chi connectivity index (χ1n) is 8.72. The second kappa shape index (κ2) is 7.19. The average Bonchev–Trinajstić information content (AvgIpc) is 3.17. The summed E-state index contributed by atoms with van der Waals surface area (Å²) in [5, 5.41) is 9.15. The number of carboxylic acids is 1. The van der Waals surface area contributed by atoms with Crippen molar-refractivity contribution in [3.63, 3.8) is 0 Å². The fourth-order valence-corrected chi connectivity index (χ4v) is 3.05. The summed E-state index contributed by atoms with van der Waals surface area (Å²) >= 11 is 0. The Labute approximate surface area is 163 Å². The molecule has 0 saturated carbocycles. The maximum Gasteiger partial charge on any atom is 0.338 e. The van der Waals surface area contributed by atoms with Crippen molar-refractivity contribution in [3.8, 4) is 28.3 Å². The number of aromatic nitrogens is 4. The van der Waals surface area contributed by atoms with Crippen molar-refractivity contribution in [1.82, 2.24) is 19.9 Å². The maximum absolute atomic E-state index is 14.6. The van der Waals surface area contributed by atoms with Crippen LogP contribution >= 0.6 is 0 Å². The van der Waals surface area contributed by atoms with E-state index in [1.165, 1.54) is 24.5 Å². The summed E-state index contributed by atoms with van der Waals surface area (Å²) < 4.78 is 20.3. The zero-order valence-electron chi connectivity index (χ0n) is 15.2. The monoisotopic (exact) mass is 394 g/mol. The number of benzene rings is 2. The lowest BCUT2D eigenvalue weighted by molar-refractivity contribution is 0.0692. The van der Waals surface area contributed by atoms with Crippen molar-refractivity contribution in [2.24, 2.45) is 0 Å². The van der Waals surface area contributed by atoms with Crippen molar-refractivity contribution in [2.45, 2.75) is 6.92 Å². The molecule has 0 unspecified atom stereocenters. The van der Waals surface area contributed by atoms with Crippen LogP contribution < -0.4 is 10.3 Å². The van der Waals surface area contributed by atoms with Crippen LogP contribution in [-0.2, 0) is 0 Å². The number of carboxylic acid groups (broad SMARTS) is 1. The molecule has 4 aromatic rings. The van der Waals surface area contributed by atoms with E-state index in [2.05, 4.69) is 19.9 Å². The van der Waals surface area contributed by atoms with Gasteiger partial charge in [0.1, 0.15) is 17.4 Å². The van der Waals surface area contributed by atoms with Crippen molar-refractivity contribution in [3.05, 3.63) is 64.5 Å². The maximum atomic E-state index is 14.6. The molecule has 0 fully saturated rings. The van der Waals surface area contributed by atoms with E-state index in [1.54, 1.807) is 25.1 Å². The van der Waals surface area contributed by atoms with E-state index in [4.69, 9.17) is 9.84 Å². The minimum absolute atomic E-state index is 0.126.